The standard InChI is InChI=1S/C20H28N6O2.2ClH/c1-4-5-6-15-12-19(25-10-9-17(13-25)21-3)24-20(22-15)23-16-8-7-14(2)18(11-16)26(27)28;;/h7-8,11-12,17,21H,4-6,9-10,13H2,1-3H3,(H,22,23,24);2*1H. The maximum Gasteiger partial charge on any atom is 0.274 e. The summed E-state index contributed by atoms with van der Waals surface area (Å²) in [5.41, 5.74) is 2.32. The smallest absolute Gasteiger partial charge is 0.274 e. The number of rotatable bonds is 8. The molecule has 10 heteroatoms. The van der Waals surface area contributed by atoms with Crippen molar-refractivity contribution in [2.75, 3.05) is 30.4 Å². The molecule has 1 atom stereocenters. The van der Waals surface area contributed by atoms with Gasteiger partial charge in [-0.3, -0.25) is 10.1 Å². The number of aryl methyl sites for hydroxylation is 2. The summed E-state index contributed by atoms with van der Waals surface area (Å²) in [6.45, 7) is 5.75. The Hall–Kier alpha value is -2.16. The summed E-state index contributed by atoms with van der Waals surface area (Å²) in [4.78, 5) is 22.4. The number of nitrogens with zero attached hydrogens (tertiary/aromatic N) is 4. The van der Waals surface area contributed by atoms with Crippen molar-refractivity contribution in [2.24, 2.45) is 0 Å². The van der Waals surface area contributed by atoms with Crippen LogP contribution in [0.2, 0.25) is 0 Å². The van der Waals surface area contributed by atoms with Crippen LogP contribution in [0.1, 0.15) is 37.4 Å². The number of likely N-dealkylation sites (N-methyl/N-ethyl adjacent to an activating group) is 1. The lowest BCUT2D eigenvalue weighted by Gasteiger charge is -2.19. The quantitative estimate of drug-likeness (QED) is 0.447. The first-order chi connectivity index (χ1) is 13.5. The fourth-order valence-electron chi connectivity index (χ4n) is 3.40. The second kappa shape index (κ2) is 11.9. The van der Waals surface area contributed by atoms with Crippen molar-refractivity contribution in [2.45, 2.75) is 45.6 Å². The van der Waals surface area contributed by atoms with E-state index in [1.54, 1.807) is 13.0 Å². The second-order valence-corrected chi connectivity index (χ2v) is 7.25. The van der Waals surface area contributed by atoms with E-state index in [1.165, 1.54) is 6.07 Å². The van der Waals surface area contributed by atoms with Crippen LogP contribution in [-0.2, 0) is 6.42 Å². The summed E-state index contributed by atoms with van der Waals surface area (Å²) >= 11 is 0. The van der Waals surface area contributed by atoms with Gasteiger partial charge in [-0.05, 0) is 39.3 Å². The second-order valence-electron chi connectivity index (χ2n) is 7.25. The normalized spacial score (nSPS) is 15.3. The molecule has 8 nitrogen and oxygen atoms in total. The van der Waals surface area contributed by atoms with Gasteiger partial charge in [0.15, 0.2) is 0 Å². The van der Waals surface area contributed by atoms with Crippen LogP contribution < -0.4 is 15.5 Å². The van der Waals surface area contributed by atoms with Crippen LogP contribution in [0.15, 0.2) is 24.3 Å². The van der Waals surface area contributed by atoms with Crippen molar-refractivity contribution in [3.8, 4) is 0 Å². The average Bonchev–Trinajstić information content (AvgIpc) is 3.17. The molecule has 1 fully saturated rings. The van der Waals surface area contributed by atoms with E-state index in [4.69, 9.17) is 4.98 Å². The third-order valence-corrected chi connectivity index (χ3v) is 5.13. The average molecular weight is 457 g/mol. The highest BCUT2D eigenvalue weighted by Gasteiger charge is 2.23. The van der Waals surface area contributed by atoms with Gasteiger partial charge in [-0.1, -0.05) is 19.4 Å². The molecule has 0 spiro atoms. The minimum atomic E-state index is -0.368. The zero-order valence-corrected chi connectivity index (χ0v) is 19.2. The Morgan fingerprint density at radius 2 is 2.03 bits per heavy atom. The maximum absolute atomic E-state index is 11.2. The van der Waals surface area contributed by atoms with Gasteiger partial charge in [0.1, 0.15) is 5.82 Å². The molecule has 1 unspecified atom stereocenters. The van der Waals surface area contributed by atoms with E-state index >= 15 is 0 Å². The summed E-state index contributed by atoms with van der Waals surface area (Å²) in [6.07, 6.45) is 4.12. The SMILES string of the molecule is CCCCc1cc(N2CCC(NC)C2)nc(Nc2ccc(C)c([N+](=O)[O-])c2)n1.Cl.Cl. The Labute approximate surface area is 189 Å². The Morgan fingerprint density at radius 3 is 2.67 bits per heavy atom. The zero-order chi connectivity index (χ0) is 20.1. The topological polar surface area (TPSA) is 96.2 Å². The molecule has 2 N–H and O–H groups in total. The van der Waals surface area contributed by atoms with Gasteiger partial charge in [0.05, 0.1) is 4.92 Å². The van der Waals surface area contributed by atoms with Crippen molar-refractivity contribution in [1.82, 2.24) is 15.3 Å². The monoisotopic (exact) mass is 456 g/mol. The van der Waals surface area contributed by atoms with Gasteiger partial charge in [0.2, 0.25) is 5.95 Å². The van der Waals surface area contributed by atoms with Gasteiger partial charge in [-0.25, -0.2) is 4.98 Å². The highest BCUT2D eigenvalue weighted by molar-refractivity contribution is 5.85. The molecule has 3 rings (SSSR count). The lowest BCUT2D eigenvalue weighted by Crippen LogP contribution is -2.30. The first kappa shape index (κ1) is 25.9. The highest BCUT2D eigenvalue weighted by Crippen LogP contribution is 2.26. The van der Waals surface area contributed by atoms with Crippen LogP contribution in [0.5, 0.6) is 0 Å². The van der Waals surface area contributed by atoms with Crippen LogP contribution in [0.3, 0.4) is 0 Å². The fraction of sp³-hybridized carbons (Fsp3) is 0.500. The van der Waals surface area contributed by atoms with Gasteiger partial charge in [-0.15, -0.1) is 24.8 Å². The molecule has 0 saturated carbocycles. The van der Waals surface area contributed by atoms with E-state index < -0.39 is 0 Å². The molecule has 1 saturated heterocycles. The summed E-state index contributed by atoms with van der Waals surface area (Å²) in [7, 11) is 1.98. The fourth-order valence-corrected chi connectivity index (χ4v) is 3.40. The number of nitro groups is 1. The van der Waals surface area contributed by atoms with E-state index in [-0.39, 0.29) is 35.4 Å². The number of benzene rings is 1. The lowest BCUT2D eigenvalue weighted by molar-refractivity contribution is -0.385. The number of halogens is 2. The number of unbranched alkanes of at least 4 members (excludes halogenated alkanes) is 1. The van der Waals surface area contributed by atoms with Gasteiger partial charge >= 0.3 is 0 Å². The molecule has 1 aliphatic heterocycles. The van der Waals surface area contributed by atoms with Crippen molar-refractivity contribution >= 4 is 48.0 Å². The minimum Gasteiger partial charge on any atom is -0.355 e. The summed E-state index contributed by atoms with van der Waals surface area (Å²) in [5.74, 6) is 1.39. The molecule has 0 amide bonds. The molecule has 2 aromatic rings. The Morgan fingerprint density at radius 1 is 1.27 bits per heavy atom. The Balaban J connectivity index is 0.00000225. The third-order valence-electron chi connectivity index (χ3n) is 5.13. The van der Waals surface area contributed by atoms with Gasteiger partial charge in [-0.2, -0.15) is 4.98 Å². The van der Waals surface area contributed by atoms with Crippen molar-refractivity contribution < 1.29 is 4.92 Å². The van der Waals surface area contributed by atoms with E-state index in [2.05, 4.69) is 33.5 Å². The minimum absolute atomic E-state index is 0. The van der Waals surface area contributed by atoms with Crippen molar-refractivity contribution in [3.05, 3.63) is 45.6 Å². The van der Waals surface area contributed by atoms with E-state index in [0.29, 0.717) is 23.2 Å². The van der Waals surface area contributed by atoms with E-state index in [1.807, 2.05) is 13.1 Å². The highest BCUT2D eigenvalue weighted by atomic mass is 35.5. The number of hydrogen-bond donors (Lipinski definition) is 2. The molecule has 0 radical (unpaired) electrons. The summed E-state index contributed by atoms with van der Waals surface area (Å²) in [5, 5.41) is 17.7. The molecule has 166 valence electrons. The van der Waals surface area contributed by atoms with Crippen molar-refractivity contribution in [1.29, 1.82) is 0 Å². The summed E-state index contributed by atoms with van der Waals surface area (Å²) < 4.78 is 0. The number of anilines is 3. The molecule has 1 aromatic heterocycles. The van der Waals surface area contributed by atoms with E-state index in [9.17, 15) is 10.1 Å². The van der Waals surface area contributed by atoms with Crippen LogP contribution in [0.4, 0.5) is 23.1 Å². The molecular weight excluding hydrogens is 427 g/mol. The molecule has 1 aromatic carbocycles. The van der Waals surface area contributed by atoms with Crippen LogP contribution in [0, 0.1) is 17.0 Å². The van der Waals surface area contributed by atoms with Crippen molar-refractivity contribution in [3.63, 3.8) is 0 Å². The van der Waals surface area contributed by atoms with Crippen LogP contribution in [-0.4, -0.2) is 41.1 Å². The van der Waals surface area contributed by atoms with Gasteiger partial charge in [0.25, 0.3) is 5.69 Å². The van der Waals surface area contributed by atoms with Gasteiger partial charge in [0, 0.05) is 48.2 Å². The predicted octanol–water partition coefficient (Wildman–Crippen LogP) is 4.42. The third kappa shape index (κ3) is 6.42. The van der Waals surface area contributed by atoms with Gasteiger partial charge < -0.3 is 15.5 Å². The van der Waals surface area contributed by atoms with Crippen LogP contribution in [0.25, 0.3) is 0 Å². The Bertz CT molecular complexity index is 852. The molecule has 2 heterocycles. The number of nitro benzene ring substituents is 1. The van der Waals surface area contributed by atoms with Crippen LogP contribution >= 0.6 is 24.8 Å². The first-order valence-corrected chi connectivity index (χ1v) is 9.82. The summed E-state index contributed by atoms with van der Waals surface area (Å²) in [6, 6.07) is 7.61. The number of nitrogens with one attached hydrogen (secondary N) is 2. The lowest BCUT2D eigenvalue weighted by atomic mass is 10.2. The first-order valence-electron chi connectivity index (χ1n) is 9.82. The largest absolute Gasteiger partial charge is 0.355 e. The Kier molecular flexibility index (Phi) is 10.2. The zero-order valence-electron chi connectivity index (χ0n) is 17.6. The van der Waals surface area contributed by atoms with E-state index in [0.717, 1.165) is 50.3 Å². The molecule has 0 aliphatic carbocycles. The molecular formula is C20H30Cl2N6O2. The predicted molar refractivity (Wildman–Crippen MR) is 126 cm³/mol. The maximum atomic E-state index is 11.2. The molecule has 0 bridgehead atoms. The number of aromatic nitrogens is 2. The molecule has 1 aliphatic rings. The molecule has 30 heavy (non-hydrogen) atoms. The number of hydrogen-bond acceptors (Lipinski definition) is 7.